The van der Waals surface area contributed by atoms with Crippen molar-refractivity contribution in [2.45, 2.75) is 20.0 Å². The van der Waals surface area contributed by atoms with Gasteiger partial charge in [0.25, 0.3) is 5.91 Å². The van der Waals surface area contributed by atoms with Crippen LogP contribution in [0.1, 0.15) is 22.5 Å². The molecular weight excluding hydrogens is 400 g/mol. The maximum absolute atomic E-state index is 13.0. The van der Waals surface area contributed by atoms with Gasteiger partial charge in [0.05, 0.1) is 22.9 Å². The Morgan fingerprint density at radius 3 is 2.80 bits per heavy atom. The van der Waals surface area contributed by atoms with Crippen LogP contribution in [-0.4, -0.2) is 29.3 Å². The second-order valence-corrected chi connectivity index (χ2v) is 8.25. The van der Waals surface area contributed by atoms with Crippen LogP contribution in [0.4, 0.5) is 5.69 Å². The number of carbonyl (C=O) groups is 2. The highest BCUT2D eigenvalue weighted by Gasteiger charge is 2.34. The molecule has 7 heteroatoms. The number of hydrogen-bond donors (Lipinski definition) is 0. The van der Waals surface area contributed by atoms with Gasteiger partial charge in [-0.3, -0.25) is 14.5 Å². The zero-order chi connectivity index (χ0) is 20.8. The van der Waals surface area contributed by atoms with Crippen molar-refractivity contribution in [1.82, 2.24) is 4.98 Å². The molecule has 0 fully saturated rings. The first kappa shape index (κ1) is 18.6. The molecule has 0 radical (unpaired) electrons. The fraction of sp³-hybridized carbons (Fsp3) is 0.174. The Morgan fingerprint density at radius 2 is 2.03 bits per heavy atom. The van der Waals surface area contributed by atoms with Gasteiger partial charge < -0.3 is 9.15 Å². The summed E-state index contributed by atoms with van der Waals surface area (Å²) in [6.07, 6.45) is -0.673. The predicted octanol–water partition coefficient (Wildman–Crippen LogP) is 4.86. The molecule has 5 rings (SSSR count). The van der Waals surface area contributed by atoms with Crippen molar-refractivity contribution >= 4 is 39.7 Å². The van der Waals surface area contributed by atoms with E-state index in [4.69, 9.17) is 9.15 Å². The molecule has 0 N–H and O–H groups in total. The first-order valence-electron chi connectivity index (χ1n) is 9.56. The molecule has 150 valence electrons. The van der Waals surface area contributed by atoms with E-state index in [1.807, 2.05) is 54.8 Å². The summed E-state index contributed by atoms with van der Waals surface area (Å²) in [6, 6.07) is 14.7. The van der Waals surface area contributed by atoms with Crippen LogP contribution >= 0.6 is 11.3 Å². The molecule has 1 amide bonds. The monoisotopic (exact) mass is 418 g/mol. The second-order valence-electron chi connectivity index (χ2n) is 7.19. The molecule has 4 aromatic rings. The van der Waals surface area contributed by atoms with E-state index < -0.39 is 6.10 Å². The molecule has 2 aromatic carbocycles. The van der Waals surface area contributed by atoms with Gasteiger partial charge in [-0.05, 0) is 44.2 Å². The molecular formula is C23H18N2O4S. The molecule has 3 heterocycles. The van der Waals surface area contributed by atoms with Gasteiger partial charge in [0.15, 0.2) is 11.9 Å². The number of para-hydroxylation sites is 1. The third-order valence-corrected chi connectivity index (χ3v) is 5.86. The standard InChI is InChI=1S/C23H18N2O4S/c1-13-23(27)25(11-19(26)22-10-16-5-3-4-6-20(16)29-22)18-9-15(7-8-21(18)28-13)17-12-30-14(2)24-17/h3-10,12-13H,11H2,1-2H3. The van der Waals surface area contributed by atoms with Crippen molar-refractivity contribution < 1.29 is 18.7 Å². The molecule has 0 saturated heterocycles. The highest BCUT2D eigenvalue weighted by molar-refractivity contribution is 7.09. The third-order valence-electron chi connectivity index (χ3n) is 5.08. The summed E-state index contributed by atoms with van der Waals surface area (Å²) >= 11 is 1.56. The van der Waals surface area contributed by atoms with E-state index >= 15 is 0 Å². The van der Waals surface area contributed by atoms with Crippen molar-refractivity contribution in [1.29, 1.82) is 0 Å². The minimum absolute atomic E-state index is 0.126. The average molecular weight is 418 g/mol. The third kappa shape index (κ3) is 3.17. The molecule has 1 aliphatic heterocycles. The molecule has 30 heavy (non-hydrogen) atoms. The van der Waals surface area contributed by atoms with Crippen molar-refractivity contribution in [3.8, 4) is 17.0 Å². The fourth-order valence-electron chi connectivity index (χ4n) is 3.57. The number of carbonyl (C=O) groups excluding carboxylic acids is 2. The van der Waals surface area contributed by atoms with Crippen LogP contribution in [0.2, 0.25) is 0 Å². The lowest BCUT2D eigenvalue weighted by Crippen LogP contribution is -2.46. The lowest BCUT2D eigenvalue weighted by Gasteiger charge is -2.32. The van der Waals surface area contributed by atoms with E-state index in [0.29, 0.717) is 17.0 Å². The molecule has 1 atom stereocenters. The molecule has 0 bridgehead atoms. The zero-order valence-corrected chi connectivity index (χ0v) is 17.2. The first-order chi connectivity index (χ1) is 14.5. The van der Waals surface area contributed by atoms with Crippen molar-refractivity contribution in [2.24, 2.45) is 0 Å². The van der Waals surface area contributed by atoms with Gasteiger partial charge in [0.2, 0.25) is 5.78 Å². The highest BCUT2D eigenvalue weighted by atomic mass is 32.1. The van der Waals surface area contributed by atoms with E-state index in [0.717, 1.165) is 21.7 Å². The second kappa shape index (κ2) is 7.11. The Balaban J connectivity index is 1.51. The van der Waals surface area contributed by atoms with Crippen molar-refractivity contribution in [2.75, 3.05) is 11.4 Å². The minimum Gasteiger partial charge on any atom is -0.479 e. The number of aryl methyl sites for hydroxylation is 1. The van der Waals surface area contributed by atoms with E-state index in [1.54, 1.807) is 24.3 Å². The summed E-state index contributed by atoms with van der Waals surface area (Å²) in [6.45, 7) is 3.50. The van der Waals surface area contributed by atoms with Gasteiger partial charge in [0, 0.05) is 16.3 Å². The number of ether oxygens (including phenoxy) is 1. The smallest absolute Gasteiger partial charge is 0.268 e. The Hall–Kier alpha value is -3.45. The van der Waals surface area contributed by atoms with Gasteiger partial charge in [-0.25, -0.2) is 4.98 Å². The molecule has 6 nitrogen and oxygen atoms in total. The number of amides is 1. The summed E-state index contributed by atoms with van der Waals surface area (Å²) in [5.41, 5.74) is 2.90. The van der Waals surface area contributed by atoms with E-state index in [2.05, 4.69) is 4.98 Å². The predicted molar refractivity (Wildman–Crippen MR) is 115 cm³/mol. The summed E-state index contributed by atoms with van der Waals surface area (Å²) in [5, 5.41) is 3.78. The topological polar surface area (TPSA) is 72.6 Å². The SMILES string of the molecule is Cc1nc(-c2ccc3c(c2)N(CC(=O)c2cc4ccccc4o2)C(=O)C(C)O3)cs1. The number of ketones is 1. The Bertz CT molecular complexity index is 1260. The Labute approximate surface area is 176 Å². The Kier molecular flexibility index (Phi) is 4.40. The number of anilines is 1. The van der Waals surface area contributed by atoms with Crippen LogP contribution < -0.4 is 9.64 Å². The first-order valence-corrected chi connectivity index (χ1v) is 10.4. The fourth-order valence-corrected chi connectivity index (χ4v) is 4.19. The number of Topliss-reactive ketones (excluding diaryl/α,β-unsaturated/α-hetero) is 1. The van der Waals surface area contributed by atoms with Crippen LogP contribution in [0.25, 0.3) is 22.2 Å². The quantitative estimate of drug-likeness (QED) is 0.443. The number of aromatic nitrogens is 1. The molecule has 0 aliphatic carbocycles. The van der Waals surface area contributed by atoms with Crippen LogP contribution in [-0.2, 0) is 4.79 Å². The lowest BCUT2D eigenvalue weighted by atomic mass is 10.1. The lowest BCUT2D eigenvalue weighted by molar-refractivity contribution is -0.125. The maximum atomic E-state index is 13.0. The largest absolute Gasteiger partial charge is 0.479 e. The van der Waals surface area contributed by atoms with Gasteiger partial charge >= 0.3 is 0 Å². The highest BCUT2D eigenvalue weighted by Crippen LogP contribution is 2.38. The van der Waals surface area contributed by atoms with Gasteiger partial charge in [0.1, 0.15) is 11.3 Å². The van der Waals surface area contributed by atoms with Gasteiger partial charge in [-0.2, -0.15) is 0 Å². The van der Waals surface area contributed by atoms with Crippen LogP contribution in [0, 0.1) is 6.92 Å². The summed E-state index contributed by atoms with van der Waals surface area (Å²) in [5.74, 6) is 0.263. The van der Waals surface area contributed by atoms with Crippen LogP contribution in [0.3, 0.4) is 0 Å². The van der Waals surface area contributed by atoms with Gasteiger partial charge in [-0.15, -0.1) is 11.3 Å². The molecule has 1 aliphatic rings. The van der Waals surface area contributed by atoms with Crippen LogP contribution in [0.5, 0.6) is 5.75 Å². The number of fused-ring (bicyclic) bond motifs is 2. The van der Waals surface area contributed by atoms with E-state index in [9.17, 15) is 9.59 Å². The number of furan rings is 1. The number of benzene rings is 2. The molecule has 0 saturated carbocycles. The number of nitrogens with zero attached hydrogens (tertiary/aromatic N) is 2. The maximum Gasteiger partial charge on any atom is 0.268 e. The van der Waals surface area contributed by atoms with E-state index in [-0.39, 0.29) is 24.0 Å². The average Bonchev–Trinajstić information content (AvgIpc) is 3.37. The van der Waals surface area contributed by atoms with Crippen molar-refractivity contribution in [3.63, 3.8) is 0 Å². The summed E-state index contributed by atoms with van der Waals surface area (Å²) in [4.78, 5) is 31.8. The van der Waals surface area contributed by atoms with Crippen molar-refractivity contribution in [3.05, 3.63) is 64.7 Å². The minimum atomic E-state index is -0.673. The number of thiazole rings is 1. The van der Waals surface area contributed by atoms with Crippen LogP contribution in [0.15, 0.2) is 58.3 Å². The summed E-state index contributed by atoms with van der Waals surface area (Å²) in [7, 11) is 0. The Morgan fingerprint density at radius 1 is 1.20 bits per heavy atom. The number of hydrogen-bond acceptors (Lipinski definition) is 6. The zero-order valence-electron chi connectivity index (χ0n) is 16.4. The molecule has 2 aromatic heterocycles. The molecule has 1 unspecified atom stereocenters. The summed E-state index contributed by atoms with van der Waals surface area (Å²) < 4.78 is 11.5. The van der Waals surface area contributed by atoms with Gasteiger partial charge in [-0.1, -0.05) is 18.2 Å². The number of rotatable bonds is 4. The normalized spacial score (nSPS) is 15.9. The van der Waals surface area contributed by atoms with E-state index in [1.165, 1.54) is 4.90 Å². The molecule has 0 spiro atoms.